The Labute approximate surface area is 152 Å². The summed E-state index contributed by atoms with van der Waals surface area (Å²) in [4.78, 5) is 12.6. The maximum Gasteiger partial charge on any atom is 0.266 e. The molecule has 1 N–H and O–H groups in total. The van der Waals surface area contributed by atoms with E-state index in [2.05, 4.69) is 5.32 Å². The van der Waals surface area contributed by atoms with Crippen LogP contribution in [0.4, 0.5) is 5.69 Å². The SMILES string of the molecule is COc1ccc2ccccc2c1/C=C(\C#N)C(=O)Nc1cccc(C)c1. The van der Waals surface area contributed by atoms with Crippen LogP contribution < -0.4 is 10.1 Å². The van der Waals surface area contributed by atoms with Gasteiger partial charge in [-0.2, -0.15) is 5.26 Å². The third-order valence-corrected chi connectivity index (χ3v) is 4.08. The molecule has 0 aliphatic rings. The maximum atomic E-state index is 12.6. The monoisotopic (exact) mass is 342 g/mol. The van der Waals surface area contributed by atoms with Crippen molar-refractivity contribution in [3.8, 4) is 11.8 Å². The van der Waals surface area contributed by atoms with Crippen molar-refractivity contribution in [2.75, 3.05) is 12.4 Å². The second-order valence-corrected chi connectivity index (χ2v) is 5.90. The van der Waals surface area contributed by atoms with Crippen molar-refractivity contribution >= 4 is 28.4 Å². The molecule has 0 radical (unpaired) electrons. The largest absolute Gasteiger partial charge is 0.496 e. The van der Waals surface area contributed by atoms with Gasteiger partial charge in [0.2, 0.25) is 0 Å². The normalized spacial score (nSPS) is 11.0. The molecule has 1 amide bonds. The first-order valence-electron chi connectivity index (χ1n) is 8.18. The minimum Gasteiger partial charge on any atom is -0.496 e. The number of ether oxygens (including phenoxy) is 1. The average molecular weight is 342 g/mol. The fourth-order valence-corrected chi connectivity index (χ4v) is 2.82. The number of carbonyl (C=O) groups is 1. The first-order chi connectivity index (χ1) is 12.6. The Morgan fingerprint density at radius 3 is 2.65 bits per heavy atom. The Morgan fingerprint density at radius 1 is 1.12 bits per heavy atom. The van der Waals surface area contributed by atoms with Gasteiger partial charge >= 0.3 is 0 Å². The van der Waals surface area contributed by atoms with E-state index in [-0.39, 0.29) is 5.57 Å². The molecule has 3 rings (SSSR count). The zero-order valence-electron chi connectivity index (χ0n) is 14.6. The highest BCUT2D eigenvalue weighted by atomic mass is 16.5. The van der Waals surface area contributed by atoms with Crippen LogP contribution in [-0.2, 0) is 4.79 Å². The molecule has 0 saturated carbocycles. The number of carbonyl (C=O) groups excluding carboxylic acids is 1. The summed E-state index contributed by atoms with van der Waals surface area (Å²) in [5, 5.41) is 14.2. The Balaban J connectivity index is 2.03. The average Bonchev–Trinajstić information content (AvgIpc) is 2.65. The van der Waals surface area contributed by atoms with E-state index >= 15 is 0 Å². The smallest absolute Gasteiger partial charge is 0.266 e. The predicted octanol–water partition coefficient (Wildman–Crippen LogP) is 4.70. The third-order valence-electron chi connectivity index (χ3n) is 4.08. The molecular formula is C22H18N2O2. The molecule has 3 aromatic rings. The van der Waals surface area contributed by atoms with Crippen molar-refractivity contribution in [3.63, 3.8) is 0 Å². The van der Waals surface area contributed by atoms with Crippen LogP contribution in [0.25, 0.3) is 16.8 Å². The summed E-state index contributed by atoms with van der Waals surface area (Å²) in [5.74, 6) is 0.160. The molecule has 3 aromatic carbocycles. The van der Waals surface area contributed by atoms with Crippen LogP contribution in [0.1, 0.15) is 11.1 Å². The van der Waals surface area contributed by atoms with Gasteiger partial charge < -0.3 is 10.1 Å². The number of nitrogens with one attached hydrogen (secondary N) is 1. The second kappa shape index (κ2) is 7.54. The number of anilines is 1. The van der Waals surface area contributed by atoms with E-state index in [0.29, 0.717) is 17.0 Å². The zero-order valence-corrected chi connectivity index (χ0v) is 14.6. The van der Waals surface area contributed by atoms with Crippen LogP contribution >= 0.6 is 0 Å². The summed E-state index contributed by atoms with van der Waals surface area (Å²) in [6, 6.07) is 21.0. The van der Waals surface area contributed by atoms with Crippen molar-refractivity contribution in [1.82, 2.24) is 0 Å². The molecule has 0 aliphatic heterocycles. The fraction of sp³-hybridized carbons (Fsp3) is 0.0909. The Bertz CT molecular complexity index is 1050. The molecule has 4 heteroatoms. The van der Waals surface area contributed by atoms with Gasteiger partial charge in [0.05, 0.1) is 7.11 Å². The maximum absolute atomic E-state index is 12.6. The molecule has 128 valence electrons. The molecule has 0 unspecified atom stereocenters. The highest BCUT2D eigenvalue weighted by Gasteiger charge is 2.13. The van der Waals surface area contributed by atoms with E-state index in [0.717, 1.165) is 16.3 Å². The Kier molecular flexibility index (Phi) is 5.00. The topological polar surface area (TPSA) is 62.1 Å². The van der Waals surface area contributed by atoms with Crippen LogP contribution in [0.2, 0.25) is 0 Å². The van der Waals surface area contributed by atoms with E-state index in [1.54, 1.807) is 19.3 Å². The predicted molar refractivity (Wildman–Crippen MR) is 104 cm³/mol. The number of aryl methyl sites for hydroxylation is 1. The van der Waals surface area contributed by atoms with Gasteiger partial charge in [-0.15, -0.1) is 0 Å². The van der Waals surface area contributed by atoms with Crippen LogP contribution in [0.3, 0.4) is 0 Å². The molecule has 0 spiro atoms. The molecular weight excluding hydrogens is 324 g/mol. The highest BCUT2D eigenvalue weighted by Crippen LogP contribution is 2.30. The number of hydrogen-bond donors (Lipinski definition) is 1. The molecule has 0 bridgehead atoms. The number of rotatable bonds is 4. The van der Waals surface area contributed by atoms with Crippen molar-refractivity contribution in [2.24, 2.45) is 0 Å². The minimum atomic E-state index is -0.451. The molecule has 0 heterocycles. The minimum absolute atomic E-state index is 0.0150. The fourth-order valence-electron chi connectivity index (χ4n) is 2.82. The summed E-state index contributed by atoms with van der Waals surface area (Å²) in [6.45, 7) is 1.94. The van der Waals surface area contributed by atoms with Crippen molar-refractivity contribution in [1.29, 1.82) is 5.26 Å². The summed E-state index contributed by atoms with van der Waals surface area (Å²) >= 11 is 0. The number of nitrogens with zero attached hydrogens (tertiary/aromatic N) is 1. The third kappa shape index (κ3) is 3.57. The van der Waals surface area contributed by atoms with Gasteiger partial charge in [0.15, 0.2) is 0 Å². The molecule has 0 saturated heterocycles. The van der Waals surface area contributed by atoms with Gasteiger partial charge in [-0.1, -0.05) is 42.5 Å². The Hall–Kier alpha value is -3.58. The van der Waals surface area contributed by atoms with Crippen molar-refractivity contribution in [3.05, 3.63) is 77.4 Å². The van der Waals surface area contributed by atoms with E-state index in [4.69, 9.17) is 4.74 Å². The van der Waals surface area contributed by atoms with Gasteiger partial charge in [0.25, 0.3) is 5.91 Å². The van der Waals surface area contributed by atoms with Gasteiger partial charge in [-0.3, -0.25) is 4.79 Å². The van der Waals surface area contributed by atoms with Crippen molar-refractivity contribution < 1.29 is 9.53 Å². The van der Waals surface area contributed by atoms with Gasteiger partial charge in [0, 0.05) is 11.3 Å². The van der Waals surface area contributed by atoms with Crippen molar-refractivity contribution in [2.45, 2.75) is 6.92 Å². The van der Waals surface area contributed by atoms with Crippen LogP contribution in [0.15, 0.2) is 66.2 Å². The second-order valence-electron chi connectivity index (χ2n) is 5.90. The highest BCUT2D eigenvalue weighted by molar-refractivity contribution is 6.11. The quantitative estimate of drug-likeness (QED) is 0.552. The number of hydrogen-bond acceptors (Lipinski definition) is 3. The lowest BCUT2D eigenvalue weighted by Gasteiger charge is -2.10. The summed E-state index contributed by atoms with van der Waals surface area (Å²) in [5.41, 5.74) is 2.41. The number of fused-ring (bicyclic) bond motifs is 1. The summed E-state index contributed by atoms with van der Waals surface area (Å²) in [7, 11) is 1.57. The first-order valence-corrected chi connectivity index (χ1v) is 8.18. The van der Waals surface area contributed by atoms with E-state index in [1.165, 1.54) is 0 Å². The van der Waals surface area contributed by atoms with Crippen LogP contribution in [-0.4, -0.2) is 13.0 Å². The lowest BCUT2D eigenvalue weighted by Crippen LogP contribution is -2.13. The van der Waals surface area contributed by atoms with Gasteiger partial charge in [-0.05, 0) is 47.5 Å². The number of methoxy groups -OCH3 is 1. The molecule has 0 aliphatic carbocycles. The lowest BCUT2D eigenvalue weighted by molar-refractivity contribution is -0.112. The number of benzene rings is 3. The molecule has 26 heavy (non-hydrogen) atoms. The number of nitriles is 1. The van der Waals surface area contributed by atoms with E-state index in [1.807, 2.05) is 67.6 Å². The summed E-state index contributed by atoms with van der Waals surface area (Å²) < 4.78 is 5.43. The molecule has 0 aromatic heterocycles. The van der Waals surface area contributed by atoms with Crippen LogP contribution in [0, 0.1) is 18.3 Å². The lowest BCUT2D eigenvalue weighted by atomic mass is 10.0. The van der Waals surface area contributed by atoms with Gasteiger partial charge in [0.1, 0.15) is 17.4 Å². The Morgan fingerprint density at radius 2 is 1.92 bits per heavy atom. The molecule has 4 nitrogen and oxygen atoms in total. The molecule has 0 fully saturated rings. The van der Waals surface area contributed by atoms with E-state index in [9.17, 15) is 10.1 Å². The van der Waals surface area contributed by atoms with E-state index < -0.39 is 5.91 Å². The molecule has 0 atom stereocenters. The first kappa shape index (κ1) is 17.2. The zero-order chi connectivity index (χ0) is 18.5. The summed E-state index contributed by atoms with van der Waals surface area (Å²) in [6.07, 6.45) is 1.58. The van der Waals surface area contributed by atoms with Gasteiger partial charge in [-0.25, -0.2) is 0 Å². The standard InChI is InChI=1S/C22H18N2O2/c1-15-6-5-8-18(12-15)24-22(25)17(14-23)13-20-19-9-4-3-7-16(19)10-11-21(20)26-2/h3-13H,1-2H3,(H,24,25)/b17-13+. The number of amides is 1. The van der Waals surface area contributed by atoms with Crippen LogP contribution in [0.5, 0.6) is 5.75 Å².